The number of hydrogen-bond donors (Lipinski definition) is 1. The van der Waals surface area contributed by atoms with Gasteiger partial charge >= 0.3 is 0 Å². The van der Waals surface area contributed by atoms with E-state index in [4.69, 9.17) is 23.2 Å². The second kappa shape index (κ2) is 7.49. The van der Waals surface area contributed by atoms with Gasteiger partial charge in [-0.05, 0) is 30.3 Å². The highest BCUT2D eigenvalue weighted by atomic mass is 35.5. The molecule has 0 atom stereocenters. The minimum atomic E-state index is -0.468. The predicted octanol–water partition coefficient (Wildman–Crippen LogP) is 4.63. The molecule has 0 unspecified atom stereocenters. The van der Waals surface area contributed by atoms with E-state index in [-0.39, 0.29) is 17.3 Å². The molecular weight excluding hydrogens is 347 g/mol. The van der Waals surface area contributed by atoms with Crippen molar-refractivity contribution in [2.24, 2.45) is 0 Å². The molecule has 8 heteroatoms. The van der Waals surface area contributed by atoms with Gasteiger partial charge in [0.25, 0.3) is 5.69 Å². The van der Waals surface area contributed by atoms with Crippen molar-refractivity contribution in [3.63, 3.8) is 0 Å². The van der Waals surface area contributed by atoms with Crippen molar-refractivity contribution in [2.45, 2.75) is 4.90 Å². The van der Waals surface area contributed by atoms with Crippen LogP contribution in [0, 0.1) is 10.1 Å². The van der Waals surface area contributed by atoms with Gasteiger partial charge in [0.15, 0.2) is 0 Å². The fraction of sp³-hybridized carbons (Fsp3) is 0.0714. The van der Waals surface area contributed by atoms with Gasteiger partial charge in [-0.15, -0.1) is 11.8 Å². The lowest BCUT2D eigenvalue weighted by atomic mass is 10.3. The van der Waals surface area contributed by atoms with Crippen LogP contribution in [-0.4, -0.2) is 16.6 Å². The van der Waals surface area contributed by atoms with Crippen LogP contribution in [0.25, 0.3) is 0 Å². The second-order valence-electron chi connectivity index (χ2n) is 4.25. The van der Waals surface area contributed by atoms with Crippen molar-refractivity contribution in [3.8, 4) is 0 Å². The molecule has 0 aromatic heterocycles. The summed E-state index contributed by atoms with van der Waals surface area (Å²) in [7, 11) is 0. The number of amides is 1. The van der Waals surface area contributed by atoms with Crippen LogP contribution in [0.15, 0.2) is 47.4 Å². The minimum Gasteiger partial charge on any atom is -0.325 e. The van der Waals surface area contributed by atoms with Crippen LogP contribution >= 0.6 is 35.0 Å². The number of anilines is 1. The number of nitrogens with zero attached hydrogens (tertiary/aromatic N) is 1. The zero-order chi connectivity index (χ0) is 16.1. The van der Waals surface area contributed by atoms with Gasteiger partial charge in [-0.25, -0.2) is 0 Å². The number of non-ortho nitro benzene ring substituents is 1. The molecule has 0 aliphatic rings. The normalized spacial score (nSPS) is 10.3. The fourth-order valence-electron chi connectivity index (χ4n) is 1.64. The van der Waals surface area contributed by atoms with Crippen molar-refractivity contribution in [3.05, 3.63) is 62.6 Å². The van der Waals surface area contributed by atoms with Crippen LogP contribution in [0.5, 0.6) is 0 Å². The summed E-state index contributed by atoms with van der Waals surface area (Å²) < 4.78 is 0. The molecule has 0 heterocycles. The number of carbonyl (C=O) groups excluding carboxylic acids is 1. The Hall–Kier alpha value is -1.76. The number of benzene rings is 2. The zero-order valence-corrected chi connectivity index (χ0v) is 13.4. The molecule has 5 nitrogen and oxygen atoms in total. The SMILES string of the molecule is O=C(CSc1ccc([N+](=O)[O-])cc1)Nc1cc(Cl)cc(Cl)c1. The van der Waals surface area contributed by atoms with E-state index in [9.17, 15) is 14.9 Å². The van der Waals surface area contributed by atoms with Crippen molar-refractivity contribution in [2.75, 3.05) is 11.1 Å². The molecule has 1 N–H and O–H groups in total. The van der Waals surface area contributed by atoms with Crippen LogP contribution in [0.2, 0.25) is 10.0 Å². The van der Waals surface area contributed by atoms with Gasteiger partial charge in [-0.3, -0.25) is 14.9 Å². The predicted molar refractivity (Wildman–Crippen MR) is 88.9 cm³/mol. The smallest absolute Gasteiger partial charge is 0.269 e. The molecule has 2 aromatic rings. The van der Waals surface area contributed by atoms with Gasteiger partial charge in [0.2, 0.25) is 5.91 Å². The van der Waals surface area contributed by atoms with E-state index in [2.05, 4.69) is 5.32 Å². The Morgan fingerprint density at radius 2 is 1.73 bits per heavy atom. The van der Waals surface area contributed by atoms with Crippen LogP contribution in [0.1, 0.15) is 0 Å². The Bertz CT molecular complexity index is 687. The highest BCUT2D eigenvalue weighted by Crippen LogP contribution is 2.24. The van der Waals surface area contributed by atoms with Gasteiger partial charge in [-0.1, -0.05) is 23.2 Å². The maximum Gasteiger partial charge on any atom is 0.269 e. The Labute approximate surface area is 140 Å². The zero-order valence-electron chi connectivity index (χ0n) is 11.1. The average molecular weight is 357 g/mol. The Morgan fingerprint density at radius 1 is 1.14 bits per heavy atom. The molecule has 0 bridgehead atoms. The molecule has 0 aliphatic carbocycles. The number of nitrogens with one attached hydrogen (secondary N) is 1. The third-order valence-corrected chi connectivity index (χ3v) is 4.01. The van der Waals surface area contributed by atoms with Crippen LogP contribution in [0.3, 0.4) is 0 Å². The first-order valence-electron chi connectivity index (χ1n) is 6.07. The van der Waals surface area contributed by atoms with E-state index < -0.39 is 4.92 Å². The maximum absolute atomic E-state index is 11.9. The van der Waals surface area contributed by atoms with Gasteiger partial charge in [0.1, 0.15) is 0 Å². The highest BCUT2D eigenvalue weighted by Gasteiger charge is 2.07. The van der Waals surface area contributed by atoms with Gasteiger partial charge in [-0.2, -0.15) is 0 Å². The molecule has 2 rings (SSSR count). The van der Waals surface area contributed by atoms with Gasteiger partial charge < -0.3 is 5.32 Å². The lowest BCUT2D eigenvalue weighted by Gasteiger charge is -2.06. The highest BCUT2D eigenvalue weighted by molar-refractivity contribution is 8.00. The van der Waals surface area contributed by atoms with E-state index >= 15 is 0 Å². The Kier molecular flexibility index (Phi) is 5.65. The first kappa shape index (κ1) is 16.6. The van der Waals surface area contributed by atoms with E-state index in [1.807, 2.05) is 0 Å². The lowest BCUT2D eigenvalue weighted by molar-refractivity contribution is -0.384. The van der Waals surface area contributed by atoms with Crippen molar-refractivity contribution in [1.29, 1.82) is 0 Å². The topological polar surface area (TPSA) is 72.2 Å². The van der Waals surface area contributed by atoms with E-state index in [1.54, 1.807) is 30.3 Å². The molecule has 22 heavy (non-hydrogen) atoms. The summed E-state index contributed by atoms with van der Waals surface area (Å²) in [5, 5.41) is 14.1. The quantitative estimate of drug-likeness (QED) is 0.481. The number of halogens is 2. The monoisotopic (exact) mass is 356 g/mol. The number of hydrogen-bond acceptors (Lipinski definition) is 4. The minimum absolute atomic E-state index is 0.0161. The molecule has 114 valence electrons. The molecule has 0 saturated heterocycles. The fourth-order valence-corrected chi connectivity index (χ4v) is 2.86. The molecule has 0 aliphatic heterocycles. The number of carbonyl (C=O) groups is 1. The van der Waals surface area contributed by atoms with E-state index in [1.165, 1.54) is 23.9 Å². The van der Waals surface area contributed by atoms with Crippen molar-refractivity contribution < 1.29 is 9.72 Å². The number of nitro benzene ring substituents is 1. The largest absolute Gasteiger partial charge is 0.325 e. The van der Waals surface area contributed by atoms with Gasteiger partial charge in [0.05, 0.1) is 10.7 Å². The van der Waals surface area contributed by atoms with Crippen LogP contribution in [-0.2, 0) is 4.79 Å². The Morgan fingerprint density at radius 3 is 2.27 bits per heavy atom. The molecule has 2 aromatic carbocycles. The summed E-state index contributed by atoms with van der Waals surface area (Å²) in [6.07, 6.45) is 0. The van der Waals surface area contributed by atoms with Crippen LogP contribution < -0.4 is 5.32 Å². The first-order valence-corrected chi connectivity index (χ1v) is 7.81. The van der Waals surface area contributed by atoms with Crippen molar-refractivity contribution >= 4 is 52.2 Å². The molecule has 0 fully saturated rings. The number of rotatable bonds is 5. The second-order valence-corrected chi connectivity index (χ2v) is 6.17. The molecule has 0 saturated carbocycles. The average Bonchev–Trinajstić information content (AvgIpc) is 2.44. The summed E-state index contributed by atoms with van der Waals surface area (Å²) in [5.41, 5.74) is 0.536. The molecule has 0 radical (unpaired) electrons. The summed E-state index contributed by atoms with van der Waals surface area (Å²) in [6, 6.07) is 10.8. The standard InChI is InChI=1S/C14H10Cl2N2O3S/c15-9-5-10(16)7-11(6-9)17-14(19)8-22-13-3-1-12(2-4-13)18(20)21/h1-7H,8H2,(H,17,19). The summed E-state index contributed by atoms with van der Waals surface area (Å²) >= 11 is 13.0. The maximum atomic E-state index is 11.9. The van der Waals surface area contributed by atoms with E-state index in [0.29, 0.717) is 15.7 Å². The summed E-state index contributed by atoms with van der Waals surface area (Å²) in [4.78, 5) is 22.7. The summed E-state index contributed by atoms with van der Waals surface area (Å²) in [6.45, 7) is 0. The first-order chi connectivity index (χ1) is 10.4. The van der Waals surface area contributed by atoms with Gasteiger partial charge in [0, 0.05) is 32.8 Å². The van der Waals surface area contributed by atoms with Crippen LogP contribution in [0.4, 0.5) is 11.4 Å². The lowest BCUT2D eigenvalue weighted by Crippen LogP contribution is -2.13. The summed E-state index contributed by atoms with van der Waals surface area (Å²) in [5.74, 6) is -0.0521. The molecule has 1 amide bonds. The van der Waals surface area contributed by atoms with Crippen molar-refractivity contribution in [1.82, 2.24) is 0 Å². The Balaban J connectivity index is 1.91. The van der Waals surface area contributed by atoms with E-state index in [0.717, 1.165) is 4.90 Å². The number of thioether (sulfide) groups is 1. The molecule has 0 spiro atoms. The molecular formula is C14H10Cl2N2O3S. The number of nitro groups is 1. The third-order valence-electron chi connectivity index (χ3n) is 2.56. The third kappa shape index (κ3) is 4.91.